The van der Waals surface area contributed by atoms with Crippen LogP contribution in [0.25, 0.3) is 0 Å². The molecule has 2 unspecified atom stereocenters. The molecule has 0 bridgehead atoms. The van der Waals surface area contributed by atoms with E-state index in [0.29, 0.717) is 5.92 Å². The van der Waals surface area contributed by atoms with E-state index in [1.165, 1.54) is 19.3 Å². The first-order chi connectivity index (χ1) is 8.60. The predicted octanol–water partition coefficient (Wildman–Crippen LogP) is 2.08. The summed E-state index contributed by atoms with van der Waals surface area (Å²) in [6, 6.07) is 2.21. The van der Waals surface area contributed by atoms with Crippen molar-refractivity contribution in [3.63, 3.8) is 0 Å². The summed E-state index contributed by atoms with van der Waals surface area (Å²) in [6.07, 6.45) is 5.96. The second kappa shape index (κ2) is 4.35. The molecule has 1 saturated heterocycles. The minimum Gasteiger partial charge on any atom is -0.375 e. The molecule has 1 aromatic heterocycles. The lowest BCUT2D eigenvalue weighted by molar-refractivity contribution is -0.146. The van der Waals surface area contributed by atoms with E-state index in [1.54, 1.807) is 0 Å². The summed E-state index contributed by atoms with van der Waals surface area (Å²) in [5.41, 5.74) is 8.85. The largest absolute Gasteiger partial charge is 0.375 e. The molecule has 100 valence electrons. The molecule has 4 nitrogen and oxygen atoms in total. The first-order valence-electron chi connectivity index (χ1n) is 7.00. The third-order valence-electron chi connectivity index (χ3n) is 4.68. The second-order valence-corrected chi connectivity index (χ2v) is 6.00. The van der Waals surface area contributed by atoms with Crippen LogP contribution in [0.3, 0.4) is 0 Å². The van der Waals surface area contributed by atoms with Gasteiger partial charge in [-0.05, 0) is 51.0 Å². The third kappa shape index (κ3) is 1.97. The highest BCUT2D eigenvalue weighted by Crippen LogP contribution is 2.46. The van der Waals surface area contributed by atoms with E-state index in [1.807, 2.05) is 18.7 Å². The van der Waals surface area contributed by atoms with Crippen molar-refractivity contribution >= 4 is 0 Å². The highest BCUT2D eigenvalue weighted by Gasteiger charge is 2.44. The van der Waals surface area contributed by atoms with Crippen molar-refractivity contribution in [1.29, 1.82) is 0 Å². The molecule has 18 heavy (non-hydrogen) atoms. The monoisotopic (exact) mass is 249 g/mol. The van der Waals surface area contributed by atoms with Crippen molar-refractivity contribution in [2.45, 2.75) is 50.7 Å². The van der Waals surface area contributed by atoms with Gasteiger partial charge in [0.1, 0.15) is 0 Å². The summed E-state index contributed by atoms with van der Waals surface area (Å²) in [4.78, 5) is 0. The molecular formula is C14H23N3O. The molecule has 1 saturated carbocycles. The maximum atomic E-state index is 6.47. The summed E-state index contributed by atoms with van der Waals surface area (Å²) in [5, 5.41) is 4.40. The number of aromatic nitrogens is 2. The van der Waals surface area contributed by atoms with Crippen LogP contribution in [0.4, 0.5) is 0 Å². The summed E-state index contributed by atoms with van der Waals surface area (Å²) >= 11 is 0. The zero-order chi connectivity index (χ0) is 12.8. The van der Waals surface area contributed by atoms with Gasteiger partial charge in [-0.1, -0.05) is 0 Å². The number of nitrogens with two attached hydrogens (primary N) is 1. The smallest absolute Gasteiger partial charge is 0.0686 e. The van der Waals surface area contributed by atoms with Crippen molar-refractivity contribution in [3.8, 4) is 0 Å². The van der Waals surface area contributed by atoms with Crippen LogP contribution >= 0.6 is 0 Å². The van der Waals surface area contributed by atoms with E-state index in [0.717, 1.165) is 30.8 Å². The molecule has 2 atom stereocenters. The first kappa shape index (κ1) is 12.2. The average molecular weight is 249 g/mol. The van der Waals surface area contributed by atoms with Crippen molar-refractivity contribution in [3.05, 3.63) is 17.5 Å². The molecular weight excluding hydrogens is 226 g/mol. The van der Waals surface area contributed by atoms with E-state index in [9.17, 15) is 0 Å². The normalized spacial score (nSPS) is 28.1. The number of rotatable bonds is 2. The highest BCUT2D eigenvalue weighted by atomic mass is 16.5. The number of ether oxygens (including phenoxy) is 1. The molecule has 0 aromatic carbocycles. The van der Waals surface area contributed by atoms with Gasteiger partial charge in [-0.15, -0.1) is 0 Å². The Kier molecular flexibility index (Phi) is 2.94. The van der Waals surface area contributed by atoms with Crippen LogP contribution in [0, 0.1) is 12.8 Å². The molecule has 4 heteroatoms. The van der Waals surface area contributed by atoms with E-state index >= 15 is 0 Å². The number of nitrogens with zero attached hydrogens (tertiary/aromatic N) is 2. The second-order valence-electron chi connectivity index (χ2n) is 6.00. The van der Waals surface area contributed by atoms with Crippen LogP contribution in [0.5, 0.6) is 0 Å². The lowest BCUT2D eigenvalue weighted by Gasteiger charge is -2.48. The summed E-state index contributed by atoms with van der Waals surface area (Å²) in [6.45, 7) is 2.89. The Morgan fingerprint density at radius 1 is 1.56 bits per heavy atom. The SMILES string of the molecule is Cc1cc(C(N)C2CCOC3(CCC3)C2)n(C)n1. The lowest BCUT2D eigenvalue weighted by Crippen LogP contribution is -2.47. The Morgan fingerprint density at radius 3 is 2.89 bits per heavy atom. The zero-order valence-electron chi connectivity index (χ0n) is 11.4. The standard InChI is InChI=1S/C14H23N3O/c1-10-8-12(17(2)16-10)13(15)11-4-7-18-14(9-11)5-3-6-14/h8,11,13H,3-7,9,15H2,1-2H3. The van der Waals surface area contributed by atoms with Crippen LogP contribution in [0.1, 0.15) is 49.5 Å². The van der Waals surface area contributed by atoms with Gasteiger partial charge in [-0.2, -0.15) is 5.10 Å². The number of aryl methyl sites for hydroxylation is 2. The van der Waals surface area contributed by atoms with Gasteiger partial charge < -0.3 is 10.5 Å². The van der Waals surface area contributed by atoms with Gasteiger partial charge in [0.2, 0.25) is 0 Å². The minimum atomic E-state index is 0.0950. The lowest BCUT2D eigenvalue weighted by atomic mass is 9.70. The highest BCUT2D eigenvalue weighted by molar-refractivity contribution is 5.14. The van der Waals surface area contributed by atoms with Crippen LogP contribution in [0.15, 0.2) is 6.07 Å². The van der Waals surface area contributed by atoms with Crippen LogP contribution < -0.4 is 5.73 Å². The zero-order valence-corrected chi connectivity index (χ0v) is 11.4. The molecule has 3 rings (SSSR count). The Bertz CT molecular complexity index is 436. The average Bonchev–Trinajstić information content (AvgIpc) is 2.66. The molecule has 0 radical (unpaired) electrons. The van der Waals surface area contributed by atoms with E-state index in [2.05, 4.69) is 11.2 Å². The van der Waals surface area contributed by atoms with Crippen molar-refractivity contribution in [2.24, 2.45) is 18.7 Å². The summed E-state index contributed by atoms with van der Waals surface area (Å²) < 4.78 is 7.91. The van der Waals surface area contributed by atoms with Gasteiger partial charge in [0.15, 0.2) is 0 Å². The number of hydrogen-bond acceptors (Lipinski definition) is 3. The van der Waals surface area contributed by atoms with Crippen molar-refractivity contribution in [1.82, 2.24) is 9.78 Å². The predicted molar refractivity (Wildman–Crippen MR) is 70.1 cm³/mol. The van der Waals surface area contributed by atoms with Crippen molar-refractivity contribution < 1.29 is 4.74 Å². The molecule has 2 heterocycles. The fourth-order valence-corrected chi connectivity index (χ4v) is 3.48. The molecule has 2 fully saturated rings. The molecule has 1 spiro atoms. The van der Waals surface area contributed by atoms with Gasteiger partial charge in [-0.25, -0.2) is 0 Å². The molecule has 1 aliphatic carbocycles. The quantitative estimate of drug-likeness (QED) is 0.873. The maximum Gasteiger partial charge on any atom is 0.0686 e. The van der Waals surface area contributed by atoms with Crippen LogP contribution in [-0.4, -0.2) is 22.0 Å². The first-order valence-corrected chi connectivity index (χ1v) is 7.00. The van der Waals surface area contributed by atoms with Gasteiger partial charge in [0, 0.05) is 19.7 Å². The molecule has 0 amide bonds. The van der Waals surface area contributed by atoms with E-state index in [4.69, 9.17) is 10.5 Å². The van der Waals surface area contributed by atoms with E-state index in [-0.39, 0.29) is 11.6 Å². The van der Waals surface area contributed by atoms with Gasteiger partial charge >= 0.3 is 0 Å². The Hall–Kier alpha value is -0.870. The fraction of sp³-hybridized carbons (Fsp3) is 0.786. The van der Waals surface area contributed by atoms with Gasteiger partial charge in [-0.3, -0.25) is 4.68 Å². The Morgan fingerprint density at radius 2 is 2.33 bits per heavy atom. The van der Waals surface area contributed by atoms with Gasteiger partial charge in [0.25, 0.3) is 0 Å². The number of hydrogen-bond donors (Lipinski definition) is 1. The molecule has 2 N–H and O–H groups in total. The summed E-state index contributed by atoms with van der Waals surface area (Å²) in [5.74, 6) is 0.536. The molecule has 1 aliphatic heterocycles. The third-order valence-corrected chi connectivity index (χ3v) is 4.68. The van der Waals surface area contributed by atoms with Crippen LogP contribution in [-0.2, 0) is 11.8 Å². The van der Waals surface area contributed by atoms with Gasteiger partial charge in [0.05, 0.1) is 17.0 Å². The van der Waals surface area contributed by atoms with Crippen molar-refractivity contribution in [2.75, 3.05) is 6.61 Å². The van der Waals surface area contributed by atoms with Crippen LogP contribution in [0.2, 0.25) is 0 Å². The Labute approximate surface area is 108 Å². The molecule has 2 aliphatic rings. The van der Waals surface area contributed by atoms with E-state index < -0.39 is 0 Å². The molecule has 1 aromatic rings. The minimum absolute atomic E-state index is 0.0950. The fourth-order valence-electron chi connectivity index (χ4n) is 3.48. The Balaban J connectivity index is 1.75. The topological polar surface area (TPSA) is 53.1 Å². The maximum absolute atomic E-state index is 6.47. The summed E-state index contributed by atoms with van der Waals surface area (Å²) in [7, 11) is 1.99.